The van der Waals surface area contributed by atoms with Crippen LogP contribution in [0, 0.1) is 0 Å². The molecule has 0 bridgehead atoms. The second-order valence-electron chi connectivity index (χ2n) is 10.7. The normalized spacial score (nSPS) is 18.4. The molecule has 2 N–H and O–H groups in total. The van der Waals surface area contributed by atoms with Crippen LogP contribution in [0.4, 0.5) is 10.6 Å². The summed E-state index contributed by atoms with van der Waals surface area (Å²) in [6.07, 6.45) is -2.11. The first-order valence-electron chi connectivity index (χ1n) is 15.4. The van der Waals surface area contributed by atoms with Crippen LogP contribution in [0.1, 0.15) is 63.5 Å². The predicted octanol–water partition coefficient (Wildman–Crippen LogP) is 4.72. The summed E-state index contributed by atoms with van der Waals surface area (Å²) in [6.45, 7) is 2.50. The molecule has 13 heteroatoms. The fourth-order valence-corrected chi connectivity index (χ4v) is 4.87. The van der Waals surface area contributed by atoms with E-state index in [1.807, 2.05) is 6.92 Å². The summed E-state index contributed by atoms with van der Waals surface area (Å²) < 4.78 is 24.3. The number of rotatable bonds is 12. The maximum absolute atomic E-state index is 13.4. The van der Waals surface area contributed by atoms with Crippen molar-refractivity contribution in [3.8, 4) is 0 Å². The number of nitrogens with zero attached hydrogens (tertiary/aromatic N) is 2. The molecule has 1 fully saturated rings. The fourth-order valence-electron chi connectivity index (χ4n) is 4.87. The second-order valence-corrected chi connectivity index (χ2v) is 10.7. The number of unbranched alkanes of at least 4 members (excludes halogenated alkanes) is 2. The summed E-state index contributed by atoms with van der Waals surface area (Å²) in [5, 5.41) is 5.21. The fraction of sp³-hybridized carbons (Fsp3) is 0.257. The number of urea groups is 1. The lowest BCUT2D eigenvalue weighted by Gasteiger charge is -2.24. The van der Waals surface area contributed by atoms with Crippen LogP contribution in [0.5, 0.6) is 0 Å². The van der Waals surface area contributed by atoms with Crippen LogP contribution in [-0.2, 0) is 18.9 Å². The van der Waals surface area contributed by atoms with Crippen LogP contribution >= 0.6 is 0 Å². The van der Waals surface area contributed by atoms with E-state index in [2.05, 4.69) is 15.6 Å². The molecule has 2 amide bonds. The van der Waals surface area contributed by atoms with Gasteiger partial charge in [0.25, 0.3) is 0 Å². The van der Waals surface area contributed by atoms with Crippen molar-refractivity contribution in [3.63, 3.8) is 0 Å². The molecule has 1 aromatic heterocycles. The number of carbonyl (C=O) groups is 4. The van der Waals surface area contributed by atoms with Gasteiger partial charge in [0, 0.05) is 12.7 Å². The number of benzene rings is 3. The van der Waals surface area contributed by atoms with Crippen LogP contribution in [0.3, 0.4) is 0 Å². The average molecular weight is 655 g/mol. The Bertz CT molecular complexity index is 1770. The third kappa shape index (κ3) is 8.50. The first-order chi connectivity index (χ1) is 23.3. The Hall–Kier alpha value is -5.82. The maximum atomic E-state index is 13.4. The van der Waals surface area contributed by atoms with Crippen molar-refractivity contribution in [1.82, 2.24) is 14.9 Å². The highest BCUT2D eigenvalue weighted by molar-refractivity contribution is 5.91. The second kappa shape index (κ2) is 16.1. The predicted molar refractivity (Wildman–Crippen MR) is 172 cm³/mol. The van der Waals surface area contributed by atoms with E-state index in [-0.39, 0.29) is 22.5 Å². The van der Waals surface area contributed by atoms with E-state index in [0.29, 0.717) is 6.54 Å². The van der Waals surface area contributed by atoms with Crippen molar-refractivity contribution >= 4 is 29.8 Å². The van der Waals surface area contributed by atoms with Gasteiger partial charge in [-0.15, -0.1) is 0 Å². The van der Waals surface area contributed by atoms with Crippen LogP contribution < -0.4 is 16.3 Å². The molecule has 0 spiro atoms. The number of esters is 3. The quantitative estimate of drug-likeness (QED) is 0.124. The lowest BCUT2D eigenvalue weighted by molar-refractivity contribution is -0.149. The number of hydrogen-bond acceptors (Lipinski definition) is 10. The van der Waals surface area contributed by atoms with E-state index < -0.39 is 54.4 Å². The minimum atomic E-state index is -1.62. The van der Waals surface area contributed by atoms with Gasteiger partial charge in [-0.25, -0.2) is 24.0 Å². The minimum Gasteiger partial charge on any atom is -0.450 e. The standard InChI is InChI=1S/C35H34N4O9/c1-2-3-13-21-36-34(43)37-26-20-22-39(35(44)38-26)29-27(45-30(40)23-14-7-4-8-15-23)28(46-31(41)24-16-9-5-10-17-24)33(47-29)48-32(42)25-18-11-6-12-19-25/h4-12,14-20,22,27-29,33H,2-3,13,21H2,1H3,(H2,36,37,38,43,44). The molecule has 248 valence electrons. The van der Waals surface area contributed by atoms with Gasteiger partial charge in [0.2, 0.25) is 12.4 Å². The molecule has 4 atom stereocenters. The molecular formula is C35H34N4O9. The molecular weight excluding hydrogens is 620 g/mol. The molecule has 0 radical (unpaired) electrons. The van der Waals surface area contributed by atoms with Gasteiger partial charge in [-0.1, -0.05) is 74.4 Å². The number of carbonyl (C=O) groups excluding carboxylic acids is 4. The van der Waals surface area contributed by atoms with Crippen molar-refractivity contribution in [1.29, 1.82) is 0 Å². The van der Waals surface area contributed by atoms with E-state index in [4.69, 9.17) is 18.9 Å². The molecule has 5 rings (SSSR count). The number of aromatic nitrogens is 2. The van der Waals surface area contributed by atoms with Crippen molar-refractivity contribution < 1.29 is 38.1 Å². The zero-order chi connectivity index (χ0) is 33.9. The van der Waals surface area contributed by atoms with E-state index in [1.165, 1.54) is 48.7 Å². The lowest BCUT2D eigenvalue weighted by Crippen LogP contribution is -2.42. The molecule has 13 nitrogen and oxygen atoms in total. The molecule has 4 unspecified atom stereocenters. The van der Waals surface area contributed by atoms with Crippen LogP contribution in [-0.4, -0.2) is 58.5 Å². The number of nitrogens with one attached hydrogen (secondary N) is 2. The molecule has 0 saturated carbocycles. The lowest BCUT2D eigenvalue weighted by atomic mass is 10.1. The van der Waals surface area contributed by atoms with Crippen LogP contribution in [0.25, 0.3) is 0 Å². The van der Waals surface area contributed by atoms with Gasteiger partial charge >= 0.3 is 29.6 Å². The Balaban J connectivity index is 1.47. The first-order valence-corrected chi connectivity index (χ1v) is 15.4. The van der Waals surface area contributed by atoms with Gasteiger partial charge in [0.1, 0.15) is 5.82 Å². The molecule has 1 saturated heterocycles. The van der Waals surface area contributed by atoms with Gasteiger partial charge in [-0.05, 0) is 48.9 Å². The maximum Gasteiger partial charge on any atom is 0.351 e. The SMILES string of the molecule is CCCCCNC(=O)Nc1ccn(C2OC(OC(=O)c3ccccc3)C(OC(=O)c3ccccc3)C2OC(=O)c2ccccc2)c(=O)n1. The highest BCUT2D eigenvalue weighted by atomic mass is 16.8. The summed E-state index contributed by atoms with van der Waals surface area (Å²) in [5.74, 6) is -2.49. The Morgan fingerprint density at radius 2 is 1.25 bits per heavy atom. The smallest absolute Gasteiger partial charge is 0.351 e. The van der Waals surface area contributed by atoms with Gasteiger partial charge < -0.3 is 24.3 Å². The molecule has 2 heterocycles. The van der Waals surface area contributed by atoms with Gasteiger partial charge in [0.05, 0.1) is 16.7 Å². The molecule has 1 aliphatic rings. The van der Waals surface area contributed by atoms with Crippen molar-refractivity contribution in [3.05, 3.63) is 130 Å². The van der Waals surface area contributed by atoms with Crippen molar-refractivity contribution in [2.75, 3.05) is 11.9 Å². The summed E-state index contributed by atoms with van der Waals surface area (Å²) in [7, 11) is 0. The van der Waals surface area contributed by atoms with E-state index in [0.717, 1.165) is 23.8 Å². The highest BCUT2D eigenvalue weighted by Crippen LogP contribution is 2.35. The van der Waals surface area contributed by atoms with E-state index >= 15 is 0 Å². The Kier molecular flexibility index (Phi) is 11.3. The number of hydrogen-bond donors (Lipinski definition) is 2. The summed E-state index contributed by atoms with van der Waals surface area (Å²) in [6, 6.07) is 24.9. The minimum absolute atomic E-state index is 0.0424. The van der Waals surface area contributed by atoms with E-state index in [1.54, 1.807) is 54.6 Å². The largest absolute Gasteiger partial charge is 0.450 e. The van der Waals surface area contributed by atoms with Gasteiger partial charge in [0.15, 0.2) is 12.3 Å². The Morgan fingerprint density at radius 1 is 0.729 bits per heavy atom. The molecule has 4 aromatic rings. The molecule has 1 aliphatic heterocycles. The first kappa shape index (κ1) is 33.5. The number of amides is 2. The zero-order valence-electron chi connectivity index (χ0n) is 26.0. The van der Waals surface area contributed by atoms with Crippen LogP contribution in [0.2, 0.25) is 0 Å². The summed E-state index contributed by atoms with van der Waals surface area (Å²) in [5.41, 5.74) is -0.376. The van der Waals surface area contributed by atoms with E-state index in [9.17, 15) is 24.0 Å². The molecule has 3 aromatic carbocycles. The third-order valence-electron chi connectivity index (χ3n) is 7.30. The van der Waals surface area contributed by atoms with Gasteiger partial charge in [-0.2, -0.15) is 4.98 Å². The Labute approximate surface area is 275 Å². The zero-order valence-corrected chi connectivity index (χ0v) is 26.0. The highest BCUT2D eigenvalue weighted by Gasteiger charge is 2.53. The monoisotopic (exact) mass is 654 g/mol. The molecule has 0 aliphatic carbocycles. The van der Waals surface area contributed by atoms with Gasteiger partial charge in [-0.3, -0.25) is 9.88 Å². The molecule has 48 heavy (non-hydrogen) atoms. The average Bonchev–Trinajstić information content (AvgIpc) is 3.42. The van der Waals surface area contributed by atoms with Crippen molar-refractivity contribution in [2.45, 2.75) is 50.9 Å². The number of anilines is 1. The number of ether oxygens (including phenoxy) is 4. The van der Waals surface area contributed by atoms with Crippen molar-refractivity contribution in [2.24, 2.45) is 0 Å². The summed E-state index contributed by atoms with van der Waals surface area (Å²) >= 11 is 0. The third-order valence-corrected chi connectivity index (χ3v) is 7.30. The topological polar surface area (TPSA) is 164 Å². The van der Waals surface area contributed by atoms with Crippen LogP contribution in [0.15, 0.2) is 108 Å². The Morgan fingerprint density at radius 3 is 1.77 bits per heavy atom. The summed E-state index contributed by atoms with van der Waals surface area (Å²) in [4.78, 5) is 69.4.